The molecule has 18 heavy (non-hydrogen) atoms. The average Bonchev–Trinajstić information content (AvgIpc) is 2.69. The summed E-state index contributed by atoms with van der Waals surface area (Å²) in [5.41, 5.74) is 3.82. The van der Waals surface area contributed by atoms with Crippen molar-refractivity contribution in [3.8, 4) is 17.0 Å². The highest BCUT2D eigenvalue weighted by molar-refractivity contribution is 5.67. The highest BCUT2D eigenvalue weighted by atomic mass is 16.3. The molecule has 0 unspecified atom stereocenters. The van der Waals surface area contributed by atoms with Gasteiger partial charge in [0.2, 0.25) is 0 Å². The lowest BCUT2D eigenvalue weighted by Gasteiger charge is -2.02. The van der Waals surface area contributed by atoms with E-state index in [1.165, 1.54) is 5.56 Å². The molecule has 0 radical (unpaired) electrons. The molecule has 0 saturated carbocycles. The molecule has 0 atom stereocenters. The van der Waals surface area contributed by atoms with Gasteiger partial charge in [0.05, 0.1) is 5.69 Å². The van der Waals surface area contributed by atoms with E-state index in [-0.39, 0.29) is 0 Å². The Morgan fingerprint density at radius 1 is 1.17 bits per heavy atom. The van der Waals surface area contributed by atoms with Crippen molar-refractivity contribution in [2.45, 2.75) is 40.2 Å². The van der Waals surface area contributed by atoms with E-state index in [0.29, 0.717) is 11.4 Å². The molecule has 0 fully saturated rings. The van der Waals surface area contributed by atoms with Crippen LogP contribution in [-0.2, 0) is 13.0 Å². The van der Waals surface area contributed by atoms with Gasteiger partial charge in [-0.25, -0.2) is 0 Å². The summed E-state index contributed by atoms with van der Waals surface area (Å²) in [6, 6.07) is 8.10. The molecule has 0 spiro atoms. The molecule has 1 heterocycles. The van der Waals surface area contributed by atoms with Crippen LogP contribution in [0, 0.1) is 6.92 Å². The monoisotopic (exact) mass is 244 g/mol. The van der Waals surface area contributed by atoms with E-state index < -0.39 is 0 Å². The molecule has 1 aromatic carbocycles. The van der Waals surface area contributed by atoms with Crippen LogP contribution in [-0.4, -0.2) is 14.9 Å². The summed E-state index contributed by atoms with van der Waals surface area (Å²) < 4.78 is 1.90. The van der Waals surface area contributed by atoms with Gasteiger partial charge >= 0.3 is 0 Å². The number of nitrogens with zero attached hydrogens (tertiary/aromatic N) is 2. The van der Waals surface area contributed by atoms with E-state index in [9.17, 15) is 5.11 Å². The maximum Gasteiger partial charge on any atom is 0.164 e. The van der Waals surface area contributed by atoms with Crippen molar-refractivity contribution >= 4 is 0 Å². The number of benzene rings is 1. The Balaban J connectivity index is 2.48. The molecular formula is C15H20N2O. The van der Waals surface area contributed by atoms with Crippen LogP contribution in [0.1, 0.15) is 31.5 Å². The van der Waals surface area contributed by atoms with Crippen LogP contribution in [0.15, 0.2) is 24.3 Å². The van der Waals surface area contributed by atoms with Crippen molar-refractivity contribution in [3.63, 3.8) is 0 Å². The molecule has 0 amide bonds. The molecule has 0 bridgehead atoms. The van der Waals surface area contributed by atoms with Crippen molar-refractivity contribution in [2.75, 3.05) is 0 Å². The van der Waals surface area contributed by atoms with Crippen LogP contribution in [0.3, 0.4) is 0 Å². The Morgan fingerprint density at radius 3 is 2.39 bits per heavy atom. The van der Waals surface area contributed by atoms with Crippen molar-refractivity contribution in [1.82, 2.24) is 9.78 Å². The maximum atomic E-state index is 10.3. The first-order valence-electron chi connectivity index (χ1n) is 6.53. The fourth-order valence-electron chi connectivity index (χ4n) is 2.14. The molecular weight excluding hydrogens is 224 g/mol. The predicted octanol–water partition coefficient (Wildman–Crippen LogP) is 3.54. The molecule has 0 aliphatic carbocycles. The highest BCUT2D eigenvalue weighted by Gasteiger charge is 2.16. The second-order valence-corrected chi connectivity index (χ2v) is 4.58. The number of aromatic nitrogens is 2. The minimum absolute atomic E-state index is 0.336. The van der Waals surface area contributed by atoms with Crippen LogP contribution in [0.5, 0.6) is 5.75 Å². The summed E-state index contributed by atoms with van der Waals surface area (Å²) in [6.45, 7) is 6.99. The summed E-state index contributed by atoms with van der Waals surface area (Å²) in [5.74, 6) is 0.336. The van der Waals surface area contributed by atoms with Gasteiger partial charge in [-0.2, -0.15) is 5.10 Å². The molecule has 0 aliphatic heterocycles. The zero-order valence-corrected chi connectivity index (χ0v) is 11.3. The maximum absolute atomic E-state index is 10.3. The van der Waals surface area contributed by atoms with Gasteiger partial charge < -0.3 is 5.11 Å². The summed E-state index contributed by atoms with van der Waals surface area (Å²) in [7, 11) is 0. The third kappa shape index (κ3) is 2.26. The Labute approximate surface area is 108 Å². The molecule has 3 heteroatoms. The molecule has 0 saturated heterocycles. The highest BCUT2D eigenvalue weighted by Crippen LogP contribution is 2.32. The van der Waals surface area contributed by atoms with Gasteiger partial charge in [-0.3, -0.25) is 4.68 Å². The van der Waals surface area contributed by atoms with Crippen LogP contribution in [0.4, 0.5) is 0 Å². The molecule has 96 valence electrons. The van der Waals surface area contributed by atoms with Gasteiger partial charge in [0, 0.05) is 12.1 Å². The zero-order chi connectivity index (χ0) is 13.1. The van der Waals surface area contributed by atoms with E-state index in [0.717, 1.165) is 30.6 Å². The molecule has 0 aliphatic rings. The third-order valence-corrected chi connectivity index (χ3v) is 3.14. The Hall–Kier alpha value is -1.77. The van der Waals surface area contributed by atoms with Gasteiger partial charge in [0.1, 0.15) is 5.69 Å². The molecule has 1 N–H and O–H groups in total. The van der Waals surface area contributed by atoms with Crippen LogP contribution in [0.2, 0.25) is 0 Å². The SMILES string of the molecule is CCCc1c(O)c(-c2ccc(C)cc2)nn1CC. The fraction of sp³-hybridized carbons (Fsp3) is 0.400. The van der Waals surface area contributed by atoms with Crippen molar-refractivity contribution in [3.05, 3.63) is 35.5 Å². The first-order valence-corrected chi connectivity index (χ1v) is 6.53. The number of hydrogen-bond acceptors (Lipinski definition) is 2. The fourth-order valence-corrected chi connectivity index (χ4v) is 2.14. The van der Waals surface area contributed by atoms with Gasteiger partial charge in [-0.1, -0.05) is 43.2 Å². The van der Waals surface area contributed by atoms with Gasteiger partial charge in [0.15, 0.2) is 5.75 Å². The number of aromatic hydroxyl groups is 1. The summed E-state index contributed by atoms with van der Waals surface area (Å²) in [4.78, 5) is 0. The van der Waals surface area contributed by atoms with Crippen LogP contribution in [0.25, 0.3) is 11.3 Å². The molecule has 2 aromatic rings. The van der Waals surface area contributed by atoms with Crippen molar-refractivity contribution < 1.29 is 5.11 Å². The molecule has 1 aromatic heterocycles. The van der Waals surface area contributed by atoms with Gasteiger partial charge in [-0.05, 0) is 20.3 Å². The summed E-state index contributed by atoms with van der Waals surface area (Å²) in [5, 5.41) is 14.8. The normalized spacial score (nSPS) is 10.8. The minimum Gasteiger partial charge on any atom is -0.504 e. The van der Waals surface area contributed by atoms with E-state index in [4.69, 9.17) is 0 Å². The average molecular weight is 244 g/mol. The van der Waals surface area contributed by atoms with Gasteiger partial charge in [0.25, 0.3) is 0 Å². The summed E-state index contributed by atoms with van der Waals surface area (Å²) in [6.07, 6.45) is 1.87. The quantitative estimate of drug-likeness (QED) is 0.893. The van der Waals surface area contributed by atoms with E-state index in [2.05, 4.69) is 18.9 Å². The Morgan fingerprint density at radius 2 is 1.83 bits per heavy atom. The van der Waals surface area contributed by atoms with E-state index in [1.807, 2.05) is 35.9 Å². The van der Waals surface area contributed by atoms with Crippen LogP contribution < -0.4 is 0 Å². The third-order valence-electron chi connectivity index (χ3n) is 3.14. The molecule has 3 nitrogen and oxygen atoms in total. The second-order valence-electron chi connectivity index (χ2n) is 4.58. The first kappa shape index (κ1) is 12.7. The van der Waals surface area contributed by atoms with Crippen molar-refractivity contribution in [1.29, 1.82) is 0 Å². The number of rotatable bonds is 4. The number of aryl methyl sites for hydroxylation is 2. The summed E-state index contributed by atoms with van der Waals surface area (Å²) >= 11 is 0. The second kappa shape index (κ2) is 5.25. The lowest BCUT2D eigenvalue weighted by molar-refractivity contribution is 0.464. The standard InChI is InChI=1S/C15H20N2O/c1-4-6-13-15(18)14(16-17(13)5-2)12-9-7-11(3)8-10-12/h7-10,18H,4-6H2,1-3H3. The minimum atomic E-state index is 0.336. The largest absolute Gasteiger partial charge is 0.504 e. The van der Waals surface area contributed by atoms with E-state index >= 15 is 0 Å². The van der Waals surface area contributed by atoms with Crippen LogP contribution >= 0.6 is 0 Å². The Bertz CT molecular complexity index is 526. The lowest BCUT2D eigenvalue weighted by atomic mass is 10.1. The topological polar surface area (TPSA) is 38.1 Å². The zero-order valence-electron chi connectivity index (χ0n) is 11.3. The van der Waals surface area contributed by atoms with E-state index in [1.54, 1.807) is 0 Å². The smallest absolute Gasteiger partial charge is 0.164 e. The number of hydrogen-bond donors (Lipinski definition) is 1. The van der Waals surface area contributed by atoms with Gasteiger partial charge in [-0.15, -0.1) is 0 Å². The lowest BCUT2D eigenvalue weighted by Crippen LogP contribution is -2.02. The predicted molar refractivity (Wildman–Crippen MR) is 73.7 cm³/mol. The first-order chi connectivity index (χ1) is 8.67. The molecule has 2 rings (SSSR count). The van der Waals surface area contributed by atoms with Crippen molar-refractivity contribution in [2.24, 2.45) is 0 Å². The Kier molecular flexibility index (Phi) is 3.70.